The Morgan fingerprint density at radius 2 is 1.88 bits per heavy atom. The molecular formula is C16H24F3NO4. The van der Waals surface area contributed by atoms with Gasteiger partial charge in [-0.15, -0.1) is 0 Å². The molecular weight excluding hydrogens is 327 g/mol. The van der Waals surface area contributed by atoms with E-state index in [0.29, 0.717) is 32.5 Å². The number of hydrogen-bond acceptors (Lipinski definition) is 3. The summed E-state index contributed by atoms with van der Waals surface area (Å²) in [5, 5.41) is 9.09. The SMILES string of the molecule is CCOCCC1(C(=O)N2C[C@@H](C(F)(F)F)[C@H](C(=O)O)C2)CCCC1. The number of likely N-dealkylation sites (tertiary alicyclic amines) is 1. The Morgan fingerprint density at radius 1 is 1.25 bits per heavy atom. The highest BCUT2D eigenvalue weighted by Gasteiger charge is 2.55. The second kappa shape index (κ2) is 7.29. The maximum atomic E-state index is 13.1. The second-order valence-corrected chi connectivity index (χ2v) is 6.74. The highest BCUT2D eigenvalue weighted by molar-refractivity contribution is 5.84. The predicted molar refractivity (Wildman–Crippen MR) is 79.3 cm³/mol. The van der Waals surface area contributed by atoms with Crippen LogP contribution in [0.1, 0.15) is 39.0 Å². The topological polar surface area (TPSA) is 66.8 Å². The van der Waals surface area contributed by atoms with Gasteiger partial charge in [-0.3, -0.25) is 9.59 Å². The van der Waals surface area contributed by atoms with Crippen molar-refractivity contribution in [1.82, 2.24) is 4.90 Å². The van der Waals surface area contributed by atoms with Crippen molar-refractivity contribution in [3.8, 4) is 0 Å². The second-order valence-electron chi connectivity index (χ2n) is 6.74. The van der Waals surface area contributed by atoms with E-state index in [9.17, 15) is 22.8 Å². The number of halogens is 3. The molecule has 2 atom stereocenters. The predicted octanol–water partition coefficient (Wildman–Crippen LogP) is 2.69. The summed E-state index contributed by atoms with van der Waals surface area (Å²) in [4.78, 5) is 25.2. The number of hydrogen-bond donors (Lipinski definition) is 1. The molecule has 1 amide bonds. The molecule has 0 aromatic rings. The lowest BCUT2D eigenvalue weighted by Crippen LogP contribution is -2.43. The minimum atomic E-state index is -4.62. The van der Waals surface area contributed by atoms with Crippen molar-refractivity contribution in [3.05, 3.63) is 0 Å². The third kappa shape index (κ3) is 3.84. The first-order valence-corrected chi connectivity index (χ1v) is 8.38. The van der Waals surface area contributed by atoms with Crippen molar-refractivity contribution in [2.24, 2.45) is 17.3 Å². The molecule has 5 nitrogen and oxygen atoms in total. The van der Waals surface area contributed by atoms with Gasteiger partial charge in [0.2, 0.25) is 5.91 Å². The van der Waals surface area contributed by atoms with Gasteiger partial charge in [-0.05, 0) is 26.2 Å². The Morgan fingerprint density at radius 3 is 2.33 bits per heavy atom. The van der Waals surface area contributed by atoms with Crippen LogP contribution in [-0.2, 0) is 14.3 Å². The summed E-state index contributed by atoms with van der Waals surface area (Å²) in [7, 11) is 0. The molecule has 0 aromatic carbocycles. The monoisotopic (exact) mass is 351 g/mol. The van der Waals surface area contributed by atoms with Gasteiger partial charge in [0.05, 0.1) is 17.3 Å². The lowest BCUT2D eigenvalue weighted by Gasteiger charge is -2.32. The molecule has 2 aliphatic rings. The van der Waals surface area contributed by atoms with Crippen molar-refractivity contribution in [2.45, 2.75) is 45.2 Å². The van der Waals surface area contributed by atoms with E-state index in [1.165, 1.54) is 0 Å². The van der Waals surface area contributed by atoms with Gasteiger partial charge >= 0.3 is 12.1 Å². The molecule has 0 radical (unpaired) electrons. The van der Waals surface area contributed by atoms with E-state index in [1.54, 1.807) is 0 Å². The number of aliphatic carboxylic acids is 1. The van der Waals surface area contributed by atoms with Gasteiger partial charge < -0.3 is 14.7 Å². The van der Waals surface area contributed by atoms with Crippen molar-refractivity contribution < 1.29 is 32.6 Å². The van der Waals surface area contributed by atoms with Gasteiger partial charge in [-0.25, -0.2) is 0 Å². The Kier molecular flexibility index (Phi) is 5.78. The van der Waals surface area contributed by atoms with Crippen LogP contribution in [0.15, 0.2) is 0 Å². The van der Waals surface area contributed by atoms with Gasteiger partial charge in [0, 0.05) is 26.3 Å². The minimum absolute atomic E-state index is 0.335. The molecule has 0 aromatic heterocycles. The van der Waals surface area contributed by atoms with Crippen LogP contribution in [0, 0.1) is 17.3 Å². The summed E-state index contributed by atoms with van der Waals surface area (Å²) < 4.78 is 44.6. The first-order valence-electron chi connectivity index (χ1n) is 8.38. The van der Waals surface area contributed by atoms with Gasteiger partial charge in [-0.2, -0.15) is 13.2 Å². The van der Waals surface area contributed by atoms with Crippen LogP contribution in [-0.4, -0.2) is 54.4 Å². The zero-order valence-electron chi connectivity index (χ0n) is 13.8. The summed E-state index contributed by atoms with van der Waals surface area (Å²) in [6, 6.07) is 0. The van der Waals surface area contributed by atoms with E-state index in [1.807, 2.05) is 6.92 Å². The fourth-order valence-corrected chi connectivity index (χ4v) is 3.92. The van der Waals surface area contributed by atoms with Crippen molar-refractivity contribution in [1.29, 1.82) is 0 Å². The van der Waals surface area contributed by atoms with E-state index in [2.05, 4.69) is 0 Å². The number of carboxylic acid groups (broad SMARTS) is 1. The maximum absolute atomic E-state index is 13.1. The van der Waals surface area contributed by atoms with Crippen LogP contribution in [0.5, 0.6) is 0 Å². The van der Waals surface area contributed by atoms with Gasteiger partial charge in [0.1, 0.15) is 0 Å². The average Bonchev–Trinajstić information content (AvgIpc) is 3.14. The molecule has 1 saturated carbocycles. The van der Waals surface area contributed by atoms with Crippen LogP contribution < -0.4 is 0 Å². The van der Waals surface area contributed by atoms with E-state index in [4.69, 9.17) is 9.84 Å². The lowest BCUT2D eigenvalue weighted by molar-refractivity contribution is -0.188. The molecule has 8 heteroatoms. The molecule has 2 fully saturated rings. The quantitative estimate of drug-likeness (QED) is 0.747. The largest absolute Gasteiger partial charge is 0.481 e. The van der Waals surface area contributed by atoms with Crippen LogP contribution in [0.2, 0.25) is 0 Å². The number of amides is 1. The first-order chi connectivity index (χ1) is 11.2. The van der Waals surface area contributed by atoms with E-state index in [0.717, 1.165) is 17.7 Å². The molecule has 1 aliphatic carbocycles. The Hall–Kier alpha value is -1.31. The standard InChI is InChI=1S/C16H24F3NO4/c1-2-24-8-7-15(5-3-4-6-15)14(23)20-9-11(13(21)22)12(10-20)16(17,18)19/h11-12H,2-10H2,1H3,(H,21,22)/t11-,12-/m1/s1. The molecule has 1 N–H and O–H groups in total. The smallest absolute Gasteiger partial charge is 0.394 e. The summed E-state index contributed by atoms with van der Waals surface area (Å²) in [5.41, 5.74) is -0.696. The highest BCUT2D eigenvalue weighted by atomic mass is 19.4. The number of alkyl halides is 3. The van der Waals surface area contributed by atoms with Crippen molar-refractivity contribution >= 4 is 11.9 Å². The third-order valence-corrected chi connectivity index (χ3v) is 5.29. The molecule has 0 spiro atoms. The molecule has 1 aliphatic heterocycles. The summed E-state index contributed by atoms with van der Waals surface area (Å²) in [5.74, 6) is -5.41. The third-order valence-electron chi connectivity index (χ3n) is 5.29. The van der Waals surface area contributed by atoms with Crippen LogP contribution in [0.3, 0.4) is 0 Å². The Bertz CT molecular complexity index is 474. The fourth-order valence-electron chi connectivity index (χ4n) is 3.92. The molecule has 138 valence electrons. The van der Waals surface area contributed by atoms with Crippen molar-refractivity contribution in [3.63, 3.8) is 0 Å². The molecule has 1 heterocycles. The Labute approximate surface area is 139 Å². The number of ether oxygens (including phenoxy) is 1. The number of nitrogens with zero attached hydrogens (tertiary/aromatic N) is 1. The molecule has 24 heavy (non-hydrogen) atoms. The van der Waals surface area contributed by atoms with E-state index in [-0.39, 0.29) is 12.5 Å². The number of carbonyl (C=O) groups is 2. The van der Waals surface area contributed by atoms with E-state index < -0.39 is 35.9 Å². The lowest BCUT2D eigenvalue weighted by atomic mass is 9.81. The first kappa shape index (κ1) is 19.0. The van der Waals surface area contributed by atoms with Crippen LogP contribution >= 0.6 is 0 Å². The Balaban J connectivity index is 2.14. The van der Waals surface area contributed by atoms with E-state index >= 15 is 0 Å². The molecule has 0 bridgehead atoms. The fraction of sp³-hybridized carbons (Fsp3) is 0.875. The summed E-state index contributed by atoms with van der Waals surface area (Å²) in [6.45, 7) is 1.83. The minimum Gasteiger partial charge on any atom is -0.481 e. The van der Waals surface area contributed by atoms with Gasteiger partial charge in [0.15, 0.2) is 0 Å². The zero-order valence-corrected chi connectivity index (χ0v) is 13.8. The average molecular weight is 351 g/mol. The number of carbonyl (C=O) groups excluding carboxylic acids is 1. The van der Waals surface area contributed by atoms with Crippen molar-refractivity contribution in [2.75, 3.05) is 26.3 Å². The van der Waals surface area contributed by atoms with Gasteiger partial charge in [-0.1, -0.05) is 12.8 Å². The number of carboxylic acids is 1. The summed E-state index contributed by atoms with van der Waals surface area (Å²) in [6.07, 6.45) is -1.17. The molecule has 0 unspecified atom stereocenters. The zero-order chi connectivity index (χ0) is 18.0. The van der Waals surface area contributed by atoms with Gasteiger partial charge in [0.25, 0.3) is 0 Å². The summed E-state index contributed by atoms with van der Waals surface area (Å²) >= 11 is 0. The highest BCUT2D eigenvalue weighted by Crippen LogP contribution is 2.45. The van der Waals surface area contributed by atoms with Crippen LogP contribution in [0.4, 0.5) is 13.2 Å². The molecule has 2 rings (SSSR count). The maximum Gasteiger partial charge on any atom is 0.394 e. The normalized spacial score (nSPS) is 26.8. The van der Waals surface area contributed by atoms with Crippen LogP contribution in [0.25, 0.3) is 0 Å². The molecule has 1 saturated heterocycles. The number of rotatable bonds is 6.